The number of aromatic nitrogens is 4. The highest BCUT2D eigenvalue weighted by Gasteiger charge is 2.18. The Balaban J connectivity index is 2.24. The molecule has 0 aromatic carbocycles. The van der Waals surface area contributed by atoms with Crippen LogP contribution in [0.3, 0.4) is 0 Å². The first-order valence-corrected chi connectivity index (χ1v) is 6.78. The average molecular weight is 296 g/mol. The van der Waals surface area contributed by atoms with E-state index in [2.05, 4.69) is 20.1 Å². The summed E-state index contributed by atoms with van der Waals surface area (Å²) in [5, 5.41) is 13.0. The lowest BCUT2D eigenvalue weighted by Crippen LogP contribution is -2.18. The highest BCUT2D eigenvalue weighted by Crippen LogP contribution is 2.24. The first kappa shape index (κ1) is 14.3. The molecule has 0 amide bonds. The van der Waals surface area contributed by atoms with Gasteiger partial charge in [0, 0.05) is 12.1 Å². The number of aromatic carboxylic acids is 1. The molecule has 0 aliphatic carbocycles. The van der Waals surface area contributed by atoms with E-state index in [1.807, 2.05) is 6.92 Å². The highest BCUT2D eigenvalue weighted by atomic mass is 32.2. The van der Waals surface area contributed by atoms with Gasteiger partial charge in [-0.2, -0.15) is 9.97 Å². The fourth-order valence-corrected chi connectivity index (χ4v) is 2.45. The van der Waals surface area contributed by atoms with Crippen LogP contribution in [0.15, 0.2) is 14.3 Å². The zero-order valence-corrected chi connectivity index (χ0v) is 11.7. The molecular weight excluding hydrogens is 284 g/mol. The first-order valence-electron chi connectivity index (χ1n) is 5.79. The average Bonchev–Trinajstić information content (AvgIpc) is 2.82. The molecule has 0 atom stereocenters. The van der Waals surface area contributed by atoms with Gasteiger partial charge >= 0.3 is 11.7 Å². The SMILES string of the molecule is CCc1noc(CSc2nc(=O)[nH]c(C)c2C(=O)O)n1. The molecule has 0 aliphatic rings. The number of hydrogen-bond acceptors (Lipinski definition) is 7. The second kappa shape index (κ2) is 5.87. The molecule has 0 aliphatic heterocycles. The molecule has 2 N–H and O–H groups in total. The molecular formula is C11H12N4O4S. The largest absolute Gasteiger partial charge is 0.478 e. The van der Waals surface area contributed by atoms with Gasteiger partial charge in [-0.1, -0.05) is 23.8 Å². The van der Waals surface area contributed by atoms with Crippen molar-refractivity contribution in [3.63, 3.8) is 0 Å². The monoisotopic (exact) mass is 296 g/mol. The molecule has 0 fully saturated rings. The summed E-state index contributed by atoms with van der Waals surface area (Å²) in [6.07, 6.45) is 0.650. The summed E-state index contributed by atoms with van der Waals surface area (Å²) in [6, 6.07) is 0. The van der Waals surface area contributed by atoms with Crippen molar-refractivity contribution in [1.29, 1.82) is 0 Å². The van der Waals surface area contributed by atoms with Crippen LogP contribution in [0.1, 0.15) is 34.7 Å². The Morgan fingerprint density at radius 3 is 2.80 bits per heavy atom. The number of nitrogens with one attached hydrogen (secondary N) is 1. The molecule has 20 heavy (non-hydrogen) atoms. The lowest BCUT2D eigenvalue weighted by Gasteiger charge is -2.05. The van der Waals surface area contributed by atoms with E-state index in [1.54, 1.807) is 0 Å². The number of nitrogens with zero attached hydrogens (tertiary/aromatic N) is 3. The van der Waals surface area contributed by atoms with Crippen molar-refractivity contribution in [2.24, 2.45) is 0 Å². The molecule has 2 rings (SSSR count). The maximum atomic E-state index is 11.3. The van der Waals surface area contributed by atoms with Crippen LogP contribution in [0, 0.1) is 6.92 Å². The number of thioether (sulfide) groups is 1. The minimum absolute atomic E-state index is 0.0233. The number of aromatic amines is 1. The third-order valence-corrected chi connectivity index (χ3v) is 3.42. The molecule has 0 bridgehead atoms. The van der Waals surface area contributed by atoms with Gasteiger partial charge in [0.25, 0.3) is 0 Å². The van der Waals surface area contributed by atoms with Gasteiger partial charge in [0.15, 0.2) is 5.82 Å². The van der Waals surface area contributed by atoms with Crippen LogP contribution in [-0.4, -0.2) is 31.2 Å². The molecule has 0 saturated carbocycles. The third kappa shape index (κ3) is 3.05. The minimum Gasteiger partial charge on any atom is -0.478 e. The molecule has 0 spiro atoms. The number of carboxylic acids is 1. The molecule has 9 heteroatoms. The predicted octanol–water partition coefficient (Wildman–Crippen LogP) is 1.01. The Morgan fingerprint density at radius 2 is 2.20 bits per heavy atom. The van der Waals surface area contributed by atoms with Crippen LogP contribution in [0.5, 0.6) is 0 Å². The van der Waals surface area contributed by atoms with Crippen molar-refractivity contribution in [2.45, 2.75) is 31.0 Å². The van der Waals surface area contributed by atoms with Crippen LogP contribution >= 0.6 is 11.8 Å². The number of hydrogen-bond donors (Lipinski definition) is 2. The van der Waals surface area contributed by atoms with E-state index in [1.165, 1.54) is 6.92 Å². The van der Waals surface area contributed by atoms with E-state index < -0.39 is 11.7 Å². The maximum absolute atomic E-state index is 11.3. The smallest absolute Gasteiger partial charge is 0.346 e. The van der Waals surface area contributed by atoms with Gasteiger partial charge in [-0.05, 0) is 6.92 Å². The number of H-pyrrole nitrogens is 1. The fourth-order valence-electron chi connectivity index (χ4n) is 1.54. The van der Waals surface area contributed by atoms with Gasteiger partial charge in [0.05, 0.1) is 5.75 Å². The molecule has 2 aromatic heterocycles. The van der Waals surface area contributed by atoms with Crippen molar-refractivity contribution < 1.29 is 14.4 Å². The quantitative estimate of drug-likeness (QED) is 0.619. The Bertz CT molecular complexity index is 694. The standard InChI is InChI=1S/C11H12N4O4S/c1-3-6-13-7(19-15-6)4-20-9-8(10(16)17)5(2)12-11(18)14-9/h3-4H2,1-2H3,(H,16,17)(H,12,14,18). The van der Waals surface area contributed by atoms with Crippen molar-refractivity contribution in [3.05, 3.63) is 33.5 Å². The van der Waals surface area contributed by atoms with Gasteiger partial charge in [-0.25, -0.2) is 9.59 Å². The summed E-state index contributed by atoms with van der Waals surface area (Å²) in [5.41, 5.74) is -0.348. The Kier molecular flexibility index (Phi) is 4.18. The van der Waals surface area contributed by atoms with Gasteiger partial charge < -0.3 is 14.6 Å². The van der Waals surface area contributed by atoms with E-state index in [9.17, 15) is 9.59 Å². The van der Waals surface area contributed by atoms with Crippen molar-refractivity contribution in [2.75, 3.05) is 0 Å². The topological polar surface area (TPSA) is 122 Å². The summed E-state index contributed by atoms with van der Waals surface area (Å²) >= 11 is 1.07. The number of carboxylic acid groups (broad SMARTS) is 1. The molecule has 0 saturated heterocycles. The van der Waals surface area contributed by atoms with Gasteiger partial charge in [0.2, 0.25) is 5.89 Å². The van der Waals surface area contributed by atoms with Crippen molar-refractivity contribution in [3.8, 4) is 0 Å². The fraction of sp³-hybridized carbons (Fsp3) is 0.364. The summed E-state index contributed by atoms with van der Waals surface area (Å²) < 4.78 is 4.99. The van der Waals surface area contributed by atoms with E-state index in [4.69, 9.17) is 9.63 Å². The zero-order valence-electron chi connectivity index (χ0n) is 10.8. The Morgan fingerprint density at radius 1 is 1.45 bits per heavy atom. The number of rotatable bonds is 5. The summed E-state index contributed by atoms with van der Waals surface area (Å²) in [7, 11) is 0. The van der Waals surface area contributed by atoms with E-state index in [0.29, 0.717) is 18.1 Å². The van der Waals surface area contributed by atoms with E-state index in [0.717, 1.165) is 11.8 Å². The van der Waals surface area contributed by atoms with Crippen LogP contribution < -0.4 is 5.69 Å². The zero-order chi connectivity index (χ0) is 14.7. The van der Waals surface area contributed by atoms with Crippen molar-refractivity contribution in [1.82, 2.24) is 20.1 Å². The molecule has 2 heterocycles. The molecule has 0 radical (unpaired) electrons. The van der Waals surface area contributed by atoms with Crippen LogP contribution in [-0.2, 0) is 12.2 Å². The number of carbonyl (C=O) groups is 1. The second-order valence-corrected chi connectivity index (χ2v) is 4.86. The Labute approximate surface area is 117 Å². The summed E-state index contributed by atoms with van der Waals surface area (Å²) in [6.45, 7) is 3.41. The number of aryl methyl sites for hydroxylation is 2. The second-order valence-electron chi connectivity index (χ2n) is 3.90. The van der Waals surface area contributed by atoms with Crippen molar-refractivity contribution >= 4 is 17.7 Å². The molecule has 106 valence electrons. The van der Waals surface area contributed by atoms with Gasteiger partial charge in [-0.15, -0.1) is 0 Å². The lowest BCUT2D eigenvalue weighted by atomic mass is 10.2. The third-order valence-electron chi connectivity index (χ3n) is 2.46. The molecule has 0 unspecified atom stereocenters. The molecule has 2 aromatic rings. The van der Waals surface area contributed by atoms with E-state index in [-0.39, 0.29) is 22.0 Å². The Hall–Kier alpha value is -2.16. The van der Waals surface area contributed by atoms with Gasteiger partial charge in [-0.3, -0.25) is 0 Å². The maximum Gasteiger partial charge on any atom is 0.346 e. The summed E-state index contributed by atoms with van der Waals surface area (Å²) in [4.78, 5) is 32.7. The molecule has 8 nitrogen and oxygen atoms in total. The van der Waals surface area contributed by atoms with Gasteiger partial charge in [0.1, 0.15) is 10.6 Å². The summed E-state index contributed by atoms with van der Waals surface area (Å²) in [5.74, 6) is 0.0500. The van der Waals surface area contributed by atoms with Crippen LogP contribution in [0.25, 0.3) is 0 Å². The van der Waals surface area contributed by atoms with Crippen LogP contribution in [0.4, 0.5) is 0 Å². The predicted molar refractivity (Wildman–Crippen MR) is 69.8 cm³/mol. The first-order chi connectivity index (χ1) is 9.51. The van der Waals surface area contributed by atoms with E-state index >= 15 is 0 Å². The lowest BCUT2D eigenvalue weighted by molar-refractivity contribution is 0.0690. The highest BCUT2D eigenvalue weighted by molar-refractivity contribution is 7.98. The normalized spacial score (nSPS) is 10.7. The van der Waals surface area contributed by atoms with Crippen LogP contribution in [0.2, 0.25) is 0 Å². The minimum atomic E-state index is -1.14.